The number of esters is 1. The smallest absolute Gasteiger partial charge is 0.310 e. The maximum Gasteiger partial charge on any atom is 0.310 e. The van der Waals surface area contributed by atoms with Gasteiger partial charge < -0.3 is 9.64 Å². The highest BCUT2D eigenvalue weighted by molar-refractivity contribution is 5.81. The highest BCUT2D eigenvalue weighted by atomic mass is 16.5. The van der Waals surface area contributed by atoms with Gasteiger partial charge in [-0.2, -0.15) is 5.10 Å². The van der Waals surface area contributed by atoms with Crippen molar-refractivity contribution >= 4 is 17.5 Å². The summed E-state index contributed by atoms with van der Waals surface area (Å²) < 4.78 is 7.06. The van der Waals surface area contributed by atoms with Gasteiger partial charge in [0.05, 0.1) is 18.2 Å². The molecule has 3 aromatic rings. The Balaban J connectivity index is 1.52. The number of hydrogen-bond donors (Lipinski definition) is 0. The van der Waals surface area contributed by atoms with E-state index in [1.807, 2.05) is 55.3 Å². The molecule has 7 nitrogen and oxygen atoms in total. The third-order valence-electron chi connectivity index (χ3n) is 6.55. The van der Waals surface area contributed by atoms with Crippen molar-refractivity contribution in [1.29, 1.82) is 0 Å². The van der Waals surface area contributed by atoms with Crippen LogP contribution in [0.4, 0.5) is 0 Å². The summed E-state index contributed by atoms with van der Waals surface area (Å²) in [7, 11) is 0. The second kappa shape index (κ2) is 9.73. The van der Waals surface area contributed by atoms with Crippen molar-refractivity contribution in [1.82, 2.24) is 19.5 Å². The normalized spacial score (nSPS) is 16.2. The highest BCUT2D eigenvalue weighted by Crippen LogP contribution is 2.29. The Morgan fingerprint density at radius 2 is 1.88 bits per heavy atom. The molecule has 0 aliphatic carbocycles. The van der Waals surface area contributed by atoms with Gasteiger partial charge in [0.2, 0.25) is 5.91 Å². The summed E-state index contributed by atoms with van der Waals surface area (Å²) in [6, 6.07) is 10.2. The second-order valence-electron chi connectivity index (χ2n) is 8.75. The van der Waals surface area contributed by atoms with E-state index in [0.717, 1.165) is 52.3 Å². The van der Waals surface area contributed by atoms with Crippen LogP contribution in [0.2, 0.25) is 0 Å². The molecule has 1 aliphatic heterocycles. The van der Waals surface area contributed by atoms with Gasteiger partial charge in [0.1, 0.15) is 0 Å². The Hall–Kier alpha value is -3.22. The standard InChI is InChI=1S/C26H32N4O3/c1-5-33-26(32)21-12-9-15-29(16-21)23(31)14-13-22-17(2)27-25-24(20-10-7-6-8-11-20)18(3)28-30(25)19(22)4/h6-8,10-11,21H,5,9,12-16H2,1-4H3/t21-/m0/s1. The lowest BCUT2D eigenvalue weighted by molar-refractivity contribution is -0.151. The van der Waals surface area contributed by atoms with Crippen LogP contribution < -0.4 is 0 Å². The van der Waals surface area contributed by atoms with E-state index >= 15 is 0 Å². The van der Waals surface area contributed by atoms with Gasteiger partial charge in [0.25, 0.3) is 0 Å². The largest absolute Gasteiger partial charge is 0.466 e. The van der Waals surface area contributed by atoms with Crippen molar-refractivity contribution in [3.05, 3.63) is 53.0 Å². The monoisotopic (exact) mass is 448 g/mol. The van der Waals surface area contributed by atoms with Gasteiger partial charge >= 0.3 is 5.97 Å². The van der Waals surface area contributed by atoms with Crippen LogP contribution in [0, 0.1) is 26.7 Å². The van der Waals surface area contributed by atoms with Crippen LogP contribution in [0.25, 0.3) is 16.8 Å². The molecule has 174 valence electrons. The number of carbonyl (C=O) groups excluding carboxylic acids is 2. The fourth-order valence-corrected chi connectivity index (χ4v) is 4.82. The zero-order valence-corrected chi connectivity index (χ0v) is 19.9. The van der Waals surface area contributed by atoms with Crippen molar-refractivity contribution in [2.45, 2.75) is 53.4 Å². The second-order valence-corrected chi connectivity index (χ2v) is 8.75. The predicted molar refractivity (Wildman–Crippen MR) is 127 cm³/mol. The minimum Gasteiger partial charge on any atom is -0.466 e. The number of aromatic nitrogens is 3. The number of nitrogens with zero attached hydrogens (tertiary/aromatic N) is 4. The van der Waals surface area contributed by atoms with Gasteiger partial charge in [0, 0.05) is 36.5 Å². The fraction of sp³-hybridized carbons (Fsp3) is 0.462. The fourth-order valence-electron chi connectivity index (χ4n) is 4.82. The van der Waals surface area contributed by atoms with Crippen LogP contribution in [0.3, 0.4) is 0 Å². The quantitative estimate of drug-likeness (QED) is 0.532. The molecule has 0 spiro atoms. The Morgan fingerprint density at radius 1 is 1.12 bits per heavy atom. The number of fused-ring (bicyclic) bond motifs is 1. The van der Waals surface area contributed by atoms with Crippen molar-refractivity contribution in [3.8, 4) is 11.1 Å². The summed E-state index contributed by atoms with van der Waals surface area (Å²) in [6.45, 7) is 9.38. The van der Waals surface area contributed by atoms with Crippen molar-refractivity contribution < 1.29 is 14.3 Å². The molecule has 1 fully saturated rings. The SMILES string of the molecule is CCOC(=O)[C@H]1CCCN(C(=O)CCc2c(C)nc3c(-c4ccccc4)c(C)nn3c2C)C1. The van der Waals surface area contributed by atoms with Gasteiger partial charge in [0.15, 0.2) is 5.65 Å². The molecule has 0 radical (unpaired) electrons. The average Bonchev–Trinajstić information content (AvgIpc) is 3.15. The van der Waals surface area contributed by atoms with Crippen LogP contribution >= 0.6 is 0 Å². The molecular formula is C26H32N4O3. The molecule has 3 heterocycles. The number of aryl methyl sites for hydroxylation is 3. The molecule has 0 bridgehead atoms. The predicted octanol–water partition coefficient (Wildman–Crippen LogP) is 4.06. The summed E-state index contributed by atoms with van der Waals surface area (Å²) in [5.74, 6) is -0.336. The van der Waals surface area contributed by atoms with Gasteiger partial charge in [-0.1, -0.05) is 30.3 Å². The first-order chi connectivity index (χ1) is 15.9. The van der Waals surface area contributed by atoms with E-state index in [-0.39, 0.29) is 17.8 Å². The highest BCUT2D eigenvalue weighted by Gasteiger charge is 2.29. The van der Waals surface area contributed by atoms with E-state index in [0.29, 0.717) is 32.5 Å². The Kier molecular flexibility index (Phi) is 6.77. The van der Waals surface area contributed by atoms with E-state index in [1.165, 1.54) is 0 Å². The Bertz CT molecular complexity index is 1170. The van der Waals surface area contributed by atoms with E-state index in [9.17, 15) is 9.59 Å². The topological polar surface area (TPSA) is 76.8 Å². The summed E-state index contributed by atoms with van der Waals surface area (Å²) >= 11 is 0. The van der Waals surface area contributed by atoms with Crippen LogP contribution in [-0.2, 0) is 20.7 Å². The van der Waals surface area contributed by atoms with Crippen LogP contribution in [-0.4, -0.2) is 51.1 Å². The third kappa shape index (κ3) is 4.63. The molecule has 0 unspecified atom stereocenters. The first-order valence-corrected chi connectivity index (χ1v) is 11.8. The molecule has 2 aromatic heterocycles. The molecule has 1 saturated heterocycles. The lowest BCUT2D eigenvalue weighted by atomic mass is 9.97. The molecule has 0 saturated carbocycles. The molecule has 1 aliphatic rings. The molecule has 7 heteroatoms. The third-order valence-corrected chi connectivity index (χ3v) is 6.55. The number of piperidine rings is 1. The molecule has 4 rings (SSSR count). The van der Waals surface area contributed by atoms with E-state index in [2.05, 4.69) is 12.1 Å². The van der Waals surface area contributed by atoms with Crippen LogP contribution in [0.5, 0.6) is 0 Å². The number of carbonyl (C=O) groups is 2. The summed E-state index contributed by atoms with van der Waals surface area (Å²) in [4.78, 5) is 31.8. The average molecular weight is 449 g/mol. The van der Waals surface area contributed by atoms with Crippen molar-refractivity contribution in [2.24, 2.45) is 5.92 Å². The Labute approximate surface area is 194 Å². The summed E-state index contributed by atoms with van der Waals surface area (Å²) in [5, 5.41) is 4.76. The number of rotatable bonds is 6. The maximum absolute atomic E-state index is 13.0. The maximum atomic E-state index is 13.0. The lowest BCUT2D eigenvalue weighted by Gasteiger charge is -2.31. The van der Waals surface area contributed by atoms with Gasteiger partial charge in [-0.05, 0) is 58.1 Å². The zero-order chi connectivity index (χ0) is 23.5. The van der Waals surface area contributed by atoms with Gasteiger partial charge in [-0.25, -0.2) is 9.50 Å². The number of ether oxygens (including phenoxy) is 1. The van der Waals surface area contributed by atoms with Crippen LogP contribution in [0.15, 0.2) is 30.3 Å². The van der Waals surface area contributed by atoms with Crippen molar-refractivity contribution in [3.63, 3.8) is 0 Å². The molecule has 1 aromatic carbocycles. The first kappa shape index (κ1) is 23.0. The lowest BCUT2D eigenvalue weighted by Crippen LogP contribution is -2.42. The van der Waals surface area contributed by atoms with Gasteiger partial charge in [-0.15, -0.1) is 0 Å². The molecule has 1 atom stereocenters. The Morgan fingerprint density at radius 3 is 2.61 bits per heavy atom. The molecular weight excluding hydrogens is 416 g/mol. The minimum absolute atomic E-state index is 0.0736. The van der Waals surface area contributed by atoms with E-state index in [1.54, 1.807) is 0 Å². The van der Waals surface area contributed by atoms with E-state index < -0.39 is 0 Å². The first-order valence-electron chi connectivity index (χ1n) is 11.8. The summed E-state index contributed by atoms with van der Waals surface area (Å²) in [6.07, 6.45) is 2.59. The number of hydrogen-bond acceptors (Lipinski definition) is 5. The summed E-state index contributed by atoms with van der Waals surface area (Å²) in [5.41, 5.74) is 6.91. The van der Waals surface area contributed by atoms with Gasteiger partial charge in [-0.3, -0.25) is 9.59 Å². The van der Waals surface area contributed by atoms with Crippen molar-refractivity contribution in [2.75, 3.05) is 19.7 Å². The number of amides is 1. The molecule has 33 heavy (non-hydrogen) atoms. The zero-order valence-electron chi connectivity index (χ0n) is 19.9. The molecule has 1 amide bonds. The van der Waals surface area contributed by atoms with E-state index in [4.69, 9.17) is 14.8 Å². The number of benzene rings is 1. The van der Waals surface area contributed by atoms with Crippen LogP contribution in [0.1, 0.15) is 48.8 Å². The minimum atomic E-state index is -0.215. The number of likely N-dealkylation sites (tertiary alicyclic amines) is 1. The molecule has 0 N–H and O–H groups in total.